The molecule has 0 saturated carbocycles. The van der Waals surface area contributed by atoms with Crippen LogP contribution in [0.15, 0.2) is 16.7 Å². The van der Waals surface area contributed by atoms with E-state index in [-0.39, 0.29) is 18.4 Å². The van der Waals surface area contributed by atoms with Crippen molar-refractivity contribution in [1.29, 1.82) is 0 Å². The number of carboxylic acid groups (broad SMARTS) is 1. The lowest BCUT2D eigenvalue weighted by Crippen LogP contribution is -2.39. The van der Waals surface area contributed by atoms with Crippen LogP contribution in [-0.2, 0) is 16.0 Å². The predicted molar refractivity (Wildman–Crippen MR) is 75.1 cm³/mol. The number of carbonyl (C=O) groups is 2. The Labute approximate surface area is 123 Å². The topological polar surface area (TPSA) is 88.8 Å². The second-order valence-corrected chi connectivity index (χ2v) is 5.22. The van der Waals surface area contributed by atoms with Gasteiger partial charge in [0.2, 0.25) is 0 Å². The third kappa shape index (κ3) is 3.85. The normalized spacial score (nSPS) is 17.4. The number of carbonyl (C=O) groups excluding carboxylic acids is 1. The van der Waals surface area contributed by atoms with Gasteiger partial charge in [0.25, 0.3) is 5.91 Å². The predicted octanol–water partition coefficient (Wildman–Crippen LogP) is 1.70. The van der Waals surface area contributed by atoms with E-state index in [1.54, 1.807) is 6.07 Å². The Balaban J connectivity index is 1.95. The number of rotatable bonds is 6. The summed E-state index contributed by atoms with van der Waals surface area (Å²) in [6.07, 6.45) is 3.54. The minimum absolute atomic E-state index is 0.0477. The highest BCUT2D eigenvalue weighted by atomic mass is 16.5. The summed E-state index contributed by atoms with van der Waals surface area (Å²) in [5, 5.41) is 12.1. The monoisotopic (exact) mass is 295 g/mol. The summed E-state index contributed by atoms with van der Waals surface area (Å²) >= 11 is 0. The standard InChI is InChI=1S/C15H21NO5/c1-2-13-11(5-8-21-13)14(17)16-9-12(15(18)19)10-3-6-20-7-4-10/h5,8,10,12H,2-4,6-7,9H2,1H3,(H,16,17)(H,18,19). The van der Waals surface area contributed by atoms with Gasteiger partial charge < -0.3 is 19.6 Å². The molecule has 1 aromatic rings. The quantitative estimate of drug-likeness (QED) is 0.834. The number of nitrogens with one attached hydrogen (secondary N) is 1. The van der Waals surface area contributed by atoms with Crippen molar-refractivity contribution in [3.8, 4) is 0 Å². The molecule has 1 aliphatic heterocycles. The molecule has 1 aromatic heterocycles. The molecule has 2 N–H and O–H groups in total. The van der Waals surface area contributed by atoms with Crippen LogP contribution >= 0.6 is 0 Å². The number of amides is 1. The van der Waals surface area contributed by atoms with E-state index >= 15 is 0 Å². The molecule has 116 valence electrons. The summed E-state index contributed by atoms with van der Waals surface area (Å²) < 4.78 is 10.5. The van der Waals surface area contributed by atoms with Gasteiger partial charge >= 0.3 is 5.97 Å². The Bertz CT molecular complexity index is 490. The summed E-state index contributed by atoms with van der Waals surface area (Å²) in [4.78, 5) is 23.5. The molecule has 1 unspecified atom stereocenters. The summed E-state index contributed by atoms with van der Waals surface area (Å²) in [6, 6.07) is 1.61. The molecule has 1 atom stereocenters. The van der Waals surface area contributed by atoms with Crippen molar-refractivity contribution < 1.29 is 23.8 Å². The largest absolute Gasteiger partial charge is 0.481 e. The first-order valence-electron chi connectivity index (χ1n) is 7.28. The van der Waals surface area contributed by atoms with Crippen LogP contribution in [0.1, 0.15) is 35.9 Å². The maximum absolute atomic E-state index is 12.1. The van der Waals surface area contributed by atoms with Gasteiger partial charge in [0.1, 0.15) is 5.76 Å². The fourth-order valence-electron chi connectivity index (χ4n) is 2.69. The van der Waals surface area contributed by atoms with Gasteiger partial charge in [-0.15, -0.1) is 0 Å². The highest BCUT2D eigenvalue weighted by Gasteiger charge is 2.30. The minimum Gasteiger partial charge on any atom is -0.481 e. The van der Waals surface area contributed by atoms with Crippen molar-refractivity contribution in [3.63, 3.8) is 0 Å². The Morgan fingerprint density at radius 1 is 1.43 bits per heavy atom. The van der Waals surface area contributed by atoms with Crippen molar-refractivity contribution in [2.24, 2.45) is 11.8 Å². The molecule has 0 aromatic carbocycles. The first-order chi connectivity index (χ1) is 10.1. The lowest BCUT2D eigenvalue weighted by atomic mass is 9.86. The van der Waals surface area contributed by atoms with Gasteiger partial charge in [-0.1, -0.05) is 6.92 Å². The molecule has 1 saturated heterocycles. The fraction of sp³-hybridized carbons (Fsp3) is 0.600. The van der Waals surface area contributed by atoms with Gasteiger partial charge in [-0.05, 0) is 24.8 Å². The van der Waals surface area contributed by atoms with Gasteiger partial charge in [-0.25, -0.2) is 0 Å². The van der Waals surface area contributed by atoms with Gasteiger partial charge in [0.15, 0.2) is 0 Å². The number of carboxylic acids is 1. The zero-order valence-electron chi connectivity index (χ0n) is 12.1. The molecule has 1 aliphatic rings. The van der Waals surface area contributed by atoms with Crippen LogP contribution in [0.25, 0.3) is 0 Å². The third-order valence-corrected chi connectivity index (χ3v) is 3.95. The second kappa shape index (κ2) is 7.26. The number of ether oxygens (including phenoxy) is 1. The Hall–Kier alpha value is -1.82. The summed E-state index contributed by atoms with van der Waals surface area (Å²) in [7, 11) is 0. The Kier molecular flexibility index (Phi) is 5.38. The molecular weight excluding hydrogens is 274 g/mol. The van der Waals surface area contributed by atoms with Crippen LogP contribution in [0.5, 0.6) is 0 Å². The van der Waals surface area contributed by atoms with E-state index in [2.05, 4.69) is 5.32 Å². The van der Waals surface area contributed by atoms with Crippen molar-refractivity contribution in [2.45, 2.75) is 26.2 Å². The molecule has 2 rings (SSSR count). The van der Waals surface area contributed by atoms with Crippen LogP contribution in [0.2, 0.25) is 0 Å². The van der Waals surface area contributed by atoms with E-state index in [1.807, 2.05) is 6.92 Å². The third-order valence-electron chi connectivity index (χ3n) is 3.95. The average Bonchev–Trinajstić information content (AvgIpc) is 2.96. The molecule has 0 bridgehead atoms. The Morgan fingerprint density at radius 2 is 2.14 bits per heavy atom. The fourth-order valence-corrected chi connectivity index (χ4v) is 2.69. The SMILES string of the molecule is CCc1occc1C(=O)NCC(C(=O)O)C1CCOCC1. The summed E-state index contributed by atoms with van der Waals surface area (Å²) in [5.41, 5.74) is 0.480. The first-order valence-corrected chi connectivity index (χ1v) is 7.28. The molecule has 1 fully saturated rings. The maximum atomic E-state index is 12.1. The zero-order valence-corrected chi connectivity index (χ0v) is 12.1. The molecule has 0 radical (unpaired) electrons. The lowest BCUT2D eigenvalue weighted by molar-refractivity contribution is -0.144. The second-order valence-electron chi connectivity index (χ2n) is 5.22. The number of aliphatic carboxylic acids is 1. The molecule has 0 aliphatic carbocycles. The molecular formula is C15H21NO5. The van der Waals surface area contributed by atoms with Gasteiger partial charge in [-0.3, -0.25) is 9.59 Å². The number of aryl methyl sites for hydroxylation is 1. The van der Waals surface area contributed by atoms with Crippen molar-refractivity contribution >= 4 is 11.9 Å². The van der Waals surface area contributed by atoms with E-state index in [4.69, 9.17) is 9.15 Å². The highest BCUT2D eigenvalue weighted by molar-refractivity contribution is 5.95. The molecule has 6 heteroatoms. The van der Waals surface area contributed by atoms with Crippen LogP contribution in [0.4, 0.5) is 0 Å². The van der Waals surface area contributed by atoms with E-state index in [0.717, 1.165) is 12.8 Å². The van der Waals surface area contributed by atoms with E-state index in [9.17, 15) is 14.7 Å². The molecule has 6 nitrogen and oxygen atoms in total. The summed E-state index contributed by atoms with van der Waals surface area (Å²) in [6.45, 7) is 3.21. The smallest absolute Gasteiger partial charge is 0.308 e. The van der Waals surface area contributed by atoms with Gasteiger partial charge in [-0.2, -0.15) is 0 Å². The average molecular weight is 295 g/mol. The van der Waals surface area contributed by atoms with E-state index in [0.29, 0.717) is 31.0 Å². The number of hydrogen-bond acceptors (Lipinski definition) is 4. The maximum Gasteiger partial charge on any atom is 0.308 e. The van der Waals surface area contributed by atoms with E-state index < -0.39 is 11.9 Å². The lowest BCUT2D eigenvalue weighted by Gasteiger charge is -2.27. The molecule has 1 amide bonds. The van der Waals surface area contributed by atoms with Crippen molar-refractivity contribution in [1.82, 2.24) is 5.32 Å². The van der Waals surface area contributed by atoms with Gasteiger partial charge in [0, 0.05) is 26.2 Å². The van der Waals surface area contributed by atoms with Crippen LogP contribution < -0.4 is 5.32 Å². The van der Waals surface area contributed by atoms with Crippen molar-refractivity contribution in [2.75, 3.05) is 19.8 Å². The molecule has 0 spiro atoms. The molecule has 2 heterocycles. The van der Waals surface area contributed by atoms with Crippen molar-refractivity contribution in [3.05, 3.63) is 23.7 Å². The first kappa shape index (κ1) is 15.6. The molecule has 21 heavy (non-hydrogen) atoms. The Morgan fingerprint density at radius 3 is 2.76 bits per heavy atom. The zero-order chi connectivity index (χ0) is 15.2. The minimum atomic E-state index is -0.870. The van der Waals surface area contributed by atoms with Crippen LogP contribution in [0, 0.1) is 11.8 Å². The number of furan rings is 1. The number of hydrogen-bond donors (Lipinski definition) is 2. The van der Waals surface area contributed by atoms with E-state index in [1.165, 1.54) is 6.26 Å². The summed E-state index contributed by atoms with van der Waals surface area (Å²) in [5.74, 6) is -1.06. The van der Waals surface area contributed by atoms with Crippen LogP contribution in [-0.4, -0.2) is 36.7 Å². The van der Waals surface area contributed by atoms with Crippen LogP contribution in [0.3, 0.4) is 0 Å². The van der Waals surface area contributed by atoms with Gasteiger partial charge in [0.05, 0.1) is 17.7 Å². The highest BCUT2D eigenvalue weighted by Crippen LogP contribution is 2.24.